The molecule has 0 saturated carbocycles. The summed E-state index contributed by atoms with van der Waals surface area (Å²) in [5.41, 5.74) is 0. The quantitative estimate of drug-likeness (QED) is 0.0755. The van der Waals surface area contributed by atoms with Crippen LogP contribution in [0.5, 0.6) is 0 Å². The maximum absolute atomic E-state index is 2.71. The third kappa shape index (κ3) is 22.0. The molecule has 0 spiro atoms. The lowest BCUT2D eigenvalue weighted by molar-refractivity contribution is 0.135. The van der Waals surface area contributed by atoms with E-state index in [9.17, 15) is 0 Å². The Bertz CT molecular complexity index is 516. The molecule has 0 amide bonds. The summed E-state index contributed by atoms with van der Waals surface area (Å²) in [4.78, 5) is 5.42. The summed E-state index contributed by atoms with van der Waals surface area (Å²) in [5, 5.41) is 0. The maximum atomic E-state index is 2.71. The highest BCUT2D eigenvalue weighted by Crippen LogP contribution is 2.24. The molecule has 0 aromatic carbocycles. The molecule has 1 aliphatic rings. The van der Waals surface area contributed by atoms with Gasteiger partial charge in [0, 0.05) is 25.5 Å². The molecule has 1 aliphatic heterocycles. The van der Waals surface area contributed by atoms with Gasteiger partial charge in [-0.15, -0.1) is 0 Å². The maximum Gasteiger partial charge on any atom is 0.101 e. The van der Waals surface area contributed by atoms with Crippen molar-refractivity contribution in [3.05, 3.63) is 12.4 Å². The van der Waals surface area contributed by atoms with E-state index < -0.39 is 0 Å². The molecule has 2 heteroatoms. The van der Waals surface area contributed by atoms with Crippen LogP contribution in [0, 0.1) is 0 Å². The van der Waals surface area contributed by atoms with Gasteiger partial charge in [-0.25, -0.2) is 0 Å². The number of unbranched alkanes of at least 4 members (excludes halogenated alkanes) is 26. The van der Waals surface area contributed by atoms with Gasteiger partial charge in [-0.3, -0.25) is 0 Å². The summed E-state index contributed by atoms with van der Waals surface area (Å²) < 4.78 is 0. The normalized spacial score (nSPS) is 15.1. The van der Waals surface area contributed by atoms with Crippen molar-refractivity contribution >= 4 is 0 Å². The molecule has 0 N–H and O–H groups in total. The van der Waals surface area contributed by atoms with Crippen LogP contribution >= 0.6 is 0 Å². The fraction of sp³-hybridized carbons (Fsp3) is 0.947. The Morgan fingerprint density at radius 1 is 0.325 bits per heavy atom. The second-order valence-corrected chi connectivity index (χ2v) is 13.2. The first-order chi connectivity index (χ1) is 19.8. The zero-order valence-corrected chi connectivity index (χ0v) is 28.3. The van der Waals surface area contributed by atoms with Gasteiger partial charge in [-0.05, 0) is 25.7 Å². The molecule has 1 unspecified atom stereocenters. The Hall–Kier alpha value is -0.660. The van der Waals surface area contributed by atoms with Crippen molar-refractivity contribution in [1.29, 1.82) is 0 Å². The smallest absolute Gasteiger partial charge is 0.101 e. The van der Waals surface area contributed by atoms with Gasteiger partial charge in [-0.1, -0.05) is 188 Å². The number of hydrogen-bond donors (Lipinski definition) is 0. The predicted molar refractivity (Wildman–Crippen MR) is 182 cm³/mol. The minimum Gasteiger partial charge on any atom is -0.356 e. The fourth-order valence-electron chi connectivity index (χ4n) is 6.54. The monoisotopic (exact) mass is 561 g/mol. The lowest BCUT2D eigenvalue weighted by Gasteiger charge is -2.33. The van der Waals surface area contributed by atoms with Crippen LogP contribution in [0.2, 0.25) is 0 Å². The third-order valence-electron chi connectivity index (χ3n) is 9.32. The predicted octanol–water partition coefficient (Wildman–Crippen LogP) is 13.2. The molecular formula is C38H76N2. The summed E-state index contributed by atoms with van der Waals surface area (Å²) in [6, 6.07) is 0. The summed E-state index contributed by atoms with van der Waals surface area (Å²) in [6.45, 7) is 9.48. The van der Waals surface area contributed by atoms with E-state index in [0.29, 0.717) is 6.17 Å². The van der Waals surface area contributed by atoms with E-state index in [1.807, 2.05) is 0 Å². The second kappa shape index (κ2) is 29.8. The summed E-state index contributed by atoms with van der Waals surface area (Å²) in [5.74, 6) is 0. The first kappa shape index (κ1) is 37.4. The van der Waals surface area contributed by atoms with Crippen molar-refractivity contribution in [2.24, 2.45) is 0 Å². The molecule has 0 bridgehead atoms. The topological polar surface area (TPSA) is 6.48 Å². The Kier molecular flexibility index (Phi) is 27.9. The second-order valence-electron chi connectivity index (χ2n) is 13.2. The van der Waals surface area contributed by atoms with Crippen LogP contribution in [-0.2, 0) is 0 Å². The van der Waals surface area contributed by atoms with Crippen molar-refractivity contribution in [1.82, 2.24) is 9.80 Å². The highest BCUT2D eigenvalue weighted by molar-refractivity contribution is 4.97. The van der Waals surface area contributed by atoms with Crippen molar-refractivity contribution in [3.63, 3.8) is 0 Å². The Morgan fingerprint density at radius 2 is 0.575 bits per heavy atom. The summed E-state index contributed by atoms with van der Waals surface area (Å²) in [7, 11) is 0. The largest absolute Gasteiger partial charge is 0.356 e. The highest BCUT2D eigenvalue weighted by atomic mass is 15.4. The Balaban J connectivity index is 2.22. The summed E-state index contributed by atoms with van der Waals surface area (Å²) in [6.07, 6.45) is 48.4. The lowest BCUT2D eigenvalue weighted by atomic mass is 10.0. The number of nitrogens with zero attached hydrogens (tertiary/aromatic N) is 2. The molecule has 0 aliphatic carbocycles. The van der Waals surface area contributed by atoms with Gasteiger partial charge >= 0.3 is 0 Å². The lowest BCUT2D eigenvalue weighted by Crippen LogP contribution is -2.39. The third-order valence-corrected chi connectivity index (χ3v) is 9.32. The average Bonchev–Trinajstić information content (AvgIpc) is 3.35. The van der Waals surface area contributed by atoms with Gasteiger partial charge in [0.1, 0.15) is 6.17 Å². The average molecular weight is 561 g/mol. The van der Waals surface area contributed by atoms with E-state index in [1.165, 1.54) is 206 Å². The van der Waals surface area contributed by atoms with E-state index in [1.54, 1.807) is 0 Å². The van der Waals surface area contributed by atoms with E-state index in [-0.39, 0.29) is 0 Å². The molecule has 2 nitrogen and oxygen atoms in total. The first-order valence-electron chi connectivity index (χ1n) is 19.0. The number of hydrogen-bond acceptors (Lipinski definition) is 2. The van der Waals surface area contributed by atoms with Crippen LogP contribution in [0.15, 0.2) is 12.4 Å². The summed E-state index contributed by atoms with van der Waals surface area (Å²) >= 11 is 0. The van der Waals surface area contributed by atoms with E-state index in [2.05, 4.69) is 43.0 Å². The van der Waals surface area contributed by atoms with Gasteiger partial charge in [0.25, 0.3) is 0 Å². The van der Waals surface area contributed by atoms with Crippen LogP contribution in [0.1, 0.15) is 213 Å². The first-order valence-corrected chi connectivity index (χ1v) is 19.0. The van der Waals surface area contributed by atoms with Gasteiger partial charge in [-0.2, -0.15) is 0 Å². The van der Waals surface area contributed by atoms with Gasteiger partial charge in [0.2, 0.25) is 0 Å². The minimum absolute atomic E-state index is 0.641. The van der Waals surface area contributed by atoms with E-state index in [4.69, 9.17) is 0 Å². The molecule has 0 radical (unpaired) electrons. The van der Waals surface area contributed by atoms with Gasteiger partial charge in [0.05, 0.1) is 0 Å². The van der Waals surface area contributed by atoms with Crippen LogP contribution in [-0.4, -0.2) is 29.1 Å². The van der Waals surface area contributed by atoms with Crippen molar-refractivity contribution in [2.45, 2.75) is 220 Å². The van der Waals surface area contributed by atoms with E-state index >= 15 is 0 Å². The molecule has 1 heterocycles. The SMILES string of the molecule is CCCCCCCCCCCCCCN1C=CN(CCCCCCCCCCC)C1CCCCCCCCCC. The number of rotatable bonds is 32. The molecule has 238 valence electrons. The van der Waals surface area contributed by atoms with Crippen LogP contribution < -0.4 is 0 Å². The van der Waals surface area contributed by atoms with Crippen molar-refractivity contribution in [2.75, 3.05) is 13.1 Å². The van der Waals surface area contributed by atoms with Gasteiger partial charge in [0.15, 0.2) is 0 Å². The minimum atomic E-state index is 0.641. The van der Waals surface area contributed by atoms with Gasteiger partial charge < -0.3 is 9.80 Å². The molecule has 0 aromatic heterocycles. The highest BCUT2D eigenvalue weighted by Gasteiger charge is 2.24. The molecule has 0 aromatic rings. The molecule has 0 fully saturated rings. The zero-order valence-electron chi connectivity index (χ0n) is 28.3. The standard InChI is InChI=1S/C38H76N2/c1-4-7-10-13-16-19-20-21-23-26-29-32-35-40-37-36-39(34-31-28-25-22-17-14-11-8-5-2)38(40)33-30-27-24-18-15-12-9-6-3/h36-38H,4-35H2,1-3H3. The molecule has 0 saturated heterocycles. The van der Waals surface area contributed by atoms with Crippen molar-refractivity contribution in [3.8, 4) is 0 Å². The molecule has 1 atom stereocenters. The van der Waals surface area contributed by atoms with Crippen LogP contribution in [0.4, 0.5) is 0 Å². The Morgan fingerprint density at radius 3 is 0.875 bits per heavy atom. The molecule has 40 heavy (non-hydrogen) atoms. The van der Waals surface area contributed by atoms with Crippen LogP contribution in [0.3, 0.4) is 0 Å². The fourth-order valence-corrected chi connectivity index (χ4v) is 6.54. The van der Waals surface area contributed by atoms with E-state index in [0.717, 1.165) is 0 Å². The molecular weight excluding hydrogens is 484 g/mol. The Labute approximate surface area is 254 Å². The van der Waals surface area contributed by atoms with Crippen molar-refractivity contribution < 1.29 is 0 Å². The zero-order chi connectivity index (χ0) is 28.8. The molecule has 1 rings (SSSR count). The van der Waals surface area contributed by atoms with Crippen LogP contribution in [0.25, 0.3) is 0 Å².